The molecule has 0 spiro atoms. The molecule has 0 unspecified atom stereocenters. The van der Waals surface area contributed by atoms with Crippen LogP contribution in [0.4, 0.5) is 31.8 Å². The number of alkyl halides is 2. The highest BCUT2D eigenvalue weighted by Crippen LogP contribution is 2.43. The fraction of sp³-hybridized carbons (Fsp3) is 0.500. The minimum atomic E-state index is -2.66. The largest absolute Gasteiger partial charge is 0.369 e. The molecule has 0 radical (unpaired) electrons. The number of hydrogen-bond donors (Lipinski definition) is 1. The third-order valence-electron chi connectivity index (χ3n) is 6.62. The summed E-state index contributed by atoms with van der Waals surface area (Å²) in [7, 11) is -0.697. The zero-order valence-corrected chi connectivity index (χ0v) is 21.0. The van der Waals surface area contributed by atoms with Crippen LogP contribution in [0.5, 0.6) is 0 Å². The predicted octanol–water partition coefficient (Wildman–Crippen LogP) is 4.67. The molecule has 8 nitrogen and oxygen atoms in total. The van der Waals surface area contributed by atoms with Crippen LogP contribution in [0.1, 0.15) is 28.8 Å². The molecule has 11 heteroatoms. The maximum Gasteiger partial charge on any atom is 0.271 e. The van der Waals surface area contributed by atoms with Crippen LogP contribution in [-0.2, 0) is 0 Å². The molecule has 1 aromatic heterocycles. The van der Waals surface area contributed by atoms with Crippen molar-refractivity contribution in [2.75, 3.05) is 65.3 Å². The predicted molar refractivity (Wildman–Crippen MR) is 138 cm³/mol. The average Bonchev–Trinajstić information content (AvgIpc) is 2.78. The minimum absolute atomic E-state index is 0.0633. The van der Waals surface area contributed by atoms with Crippen LogP contribution in [0.15, 0.2) is 30.3 Å². The van der Waals surface area contributed by atoms with Crippen molar-refractivity contribution < 1.29 is 18.5 Å². The Kier molecular flexibility index (Phi) is 6.90. The van der Waals surface area contributed by atoms with Gasteiger partial charge in [-0.2, -0.15) is 0 Å². The Hall–Kier alpha value is -2.95. The van der Waals surface area contributed by atoms with E-state index in [-0.39, 0.29) is 31.6 Å². The molecular formula is C24H31F2N5O3S. The van der Waals surface area contributed by atoms with Gasteiger partial charge in [-0.25, -0.2) is 23.8 Å². The molecule has 0 atom stereocenters. The second-order valence-electron chi connectivity index (χ2n) is 9.81. The molecule has 35 heavy (non-hydrogen) atoms. The van der Waals surface area contributed by atoms with Crippen LogP contribution >= 0.6 is 10.0 Å². The van der Waals surface area contributed by atoms with E-state index in [9.17, 15) is 23.7 Å². The van der Waals surface area contributed by atoms with Crippen LogP contribution in [0.3, 0.4) is 0 Å². The minimum Gasteiger partial charge on any atom is -0.369 e. The van der Waals surface area contributed by atoms with Crippen LogP contribution in [0.2, 0.25) is 0 Å². The highest BCUT2D eigenvalue weighted by Gasteiger charge is 2.34. The third kappa shape index (κ3) is 6.01. The third-order valence-corrected chi connectivity index (χ3v) is 9.20. The average molecular weight is 508 g/mol. The summed E-state index contributed by atoms with van der Waals surface area (Å²) in [5, 5.41) is 14.2. The van der Waals surface area contributed by atoms with E-state index in [1.165, 1.54) is 18.2 Å². The summed E-state index contributed by atoms with van der Waals surface area (Å²) in [6, 6.07) is 7.82. The van der Waals surface area contributed by atoms with Crippen molar-refractivity contribution in [3.05, 3.63) is 51.6 Å². The molecule has 4 rings (SSSR count). The van der Waals surface area contributed by atoms with Gasteiger partial charge in [-0.15, -0.1) is 0 Å². The zero-order valence-electron chi connectivity index (χ0n) is 20.2. The summed E-state index contributed by atoms with van der Waals surface area (Å²) in [6.07, 6.45) is 4.08. The molecule has 0 bridgehead atoms. The summed E-state index contributed by atoms with van der Waals surface area (Å²) < 4.78 is 27.2. The molecule has 2 aliphatic heterocycles. The maximum absolute atomic E-state index is 13.6. The first-order valence-electron chi connectivity index (χ1n) is 11.6. The van der Waals surface area contributed by atoms with Crippen molar-refractivity contribution in [1.82, 2.24) is 4.98 Å². The Morgan fingerprint density at radius 2 is 1.74 bits per heavy atom. The lowest BCUT2D eigenvalue weighted by atomic mass is 10.1. The van der Waals surface area contributed by atoms with Gasteiger partial charge in [-0.1, -0.05) is 0 Å². The molecule has 190 valence electrons. The van der Waals surface area contributed by atoms with Gasteiger partial charge in [0.25, 0.3) is 17.5 Å². The summed E-state index contributed by atoms with van der Waals surface area (Å²) in [5.74, 6) is -0.226. The van der Waals surface area contributed by atoms with Crippen molar-refractivity contribution in [3.8, 4) is 0 Å². The first-order chi connectivity index (χ1) is 16.4. The van der Waals surface area contributed by atoms with Gasteiger partial charge in [0.15, 0.2) is 0 Å². The van der Waals surface area contributed by atoms with Gasteiger partial charge in [-0.3, -0.25) is 14.9 Å². The van der Waals surface area contributed by atoms with Gasteiger partial charge in [0.2, 0.25) is 0 Å². The fourth-order valence-electron chi connectivity index (χ4n) is 4.38. The lowest BCUT2D eigenvalue weighted by molar-refractivity contribution is -0.384. The van der Waals surface area contributed by atoms with Crippen molar-refractivity contribution in [3.63, 3.8) is 0 Å². The van der Waals surface area contributed by atoms with Crippen LogP contribution in [-0.4, -0.2) is 71.9 Å². The summed E-state index contributed by atoms with van der Waals surface area (Å²) in [5.41, 5.74) is 1.66. The van der Waals surface area contributed by atoms with Crippen LogP contribution in [0.25, 0.3) is 0 Å². The van der Waals surface area contributed by atoms with Gasteiger partial charge in [0, 0.05) is 51.2 Å². The number of nitro benzene ring substituents is 1. The Morgan fingerprint density at radius 1 is 1.09 bits per heavy atom. The van der Waals surface area contributed by atoms with Gasteiger partial charge in [0.05, 0.1) is 16.2 Å². The van der Waals surface area contributed by atoms with Crippen molar-refractivity contribution in [1.29, 1.82) is 0 Å². The highest BCUT2D eigenvalue weighted by atomic mass is 32.3. The number of rotatable bonds is 5. The topological polar surface area (TPSA) is 91.6 Å². The van der Waals surface area contributed by atoms with Crippen LogP contribution < -0.4 is 15.1 Å². The Morgan fingerprint density at radius 3 is 2.37 bits per heavy atom. The molecule has 0 aliphatic carbocycles. The van der Waals surface area contributed by atoms with E-state index in [1.54, 1.807) is 11.0 Å². The van der Waals surface area contributed by atoms with E-state index in [1.807, 2.05) is 17.9 Å². The van der Waals surface area contributed by atoms with E-state index < -0.39 is 26.8 Å². The van der Waals surface area contributed by atoms with Crippen molar-refractivity contribution in [2.45, 2.75) is 25.7 Å². The van der Waals surface area contributed by atoms with Crippen molar-refractivity contribution in [2.24, 2.45) is 0 Å². The number of pyridine rings is 1. The monoisotopic (exact) mass is 507 g/mol. The first-order valence-corrected chi connectivity index (χ1v) is 14.4. The Bertz CT molecular complexity index is 1120. The van der Waals surface area contributed by atoms with Gasteiger partial charge in [0.1, 0.15) is 11.6 Å². The number of aryl methyl sites for hydroxylation is 1. The number of halogens is 2. The molecule has 1 N–H and O–H groups in total. The summed E-state index contributed by atoms with van der Waals surface area (Å²) >= 11 is 0. The standard InChI is InChI=1S/C24H31F2N5O3S/c1-17-14-21(27-22(15-17)30-8-6-24(25,26)7-9-30)28-23(32)19-5-4-18(31(33)34)16-20(19)29-10-12-35(2,3)13-11-29/h4-5,14-16H,6-13H2,1-3H3,(H,27,28,32). The smallest absolute Gasteiger partial charge is 0.271 e. The maximum atomic E-state index is 13.6. The van der Waals surface area contributed by atoms with E-state index >= 15 is 0 Å². The number of carbonyl (C=O) groups is 1. The number of benzene rings is 1. The zero-order chi connectivity index (χ0) is 25.4. The molecule has 2 aromatic rings. The number of nitro groups is 1. The van der Waals surface area contributed by atoms with E-state index in [0.29, 0.717) is 22.9 Å². The second kappa shape index (κ2) is 9.60. The molecule has 3 heterocycles. The van der Waals surface area contributed by atoms with Crippen molar-refractivity contribution >= 4 is 38.9 Å². The highest BCUT2D eigenvalue weighted by molar-refractivity contribution is 8.32. The number of carbonyl (C=O) groups excluding carboxylic acids is 1. The number of piperidine rings is 1. The van der Waals surface area contributed by atoms with Crippen LogP contribution in [0, 0.1) is 17.0 Å². The lowest BCUT2D eigenvalue weighted by Crippen LogP contribution is -2.40. The lowest BCUT2D eigenvalue weighted by Gasteiger charge is -2.42. The van der Waals surface area contributed by atoms with E-state index in [2.05, 4.69) is 22.8 Å². The molecular weight excluding hydrogens is 476 g/mol. The molecule has 1 aromatic carbocycles. The Labute approximate surface area is 205 Å². The number of nitrogens with zero attached hydrogens (tertiary/aromatic N) is 4. The van der Waals surface area contributed by atoms with E-state index in [4.69, 9.17) is 0 Å². The summed E-state index contributed by atoms with van der Waals surface area (Å²) in [4.78, 5) is 32.6. The fourth-order valence-corrected chi connectivity index (χ4v) is 6.01. The molecule has 2 aliphatic rings. The van der Waals surface area contributed by atoms with Gasteiger partial charge >= 0.3 is 0 Å². The SMILES string of the molecule is Cc1cc(NC(=O)c2ccc([N+](=O)[O-])cc2N2CCS(C)(C)CC2)nc(N2CCC(F)(F)CC2)c1. The quantitative estimate of drug-likeness (QED) is 0.467. The number of anilines is 3. The molecule has 0 saturated carbocycles. The number of aromatic nitrogens is 1. The van der Waals surface area contributed by atoms with Gasteiger partial charge in [-0.05, 0) is 54.7 Å². The molecule has 1 amide bonds. The number of nitrogens with one attached hydrogen (secondary N) is 1. The first kappa shape index (κ1) is 25.2. The van der Waals surface area contributed by atoms with Gasteiger partial charge < -0.3 is 15.1 Å². The molecule has 2 fully saturated rings. The summed E-state index contributed by atoms with van der Waals surface area (Å²) in [6.45, 7) is 3.70. The number of hydrogen-bond acceptors (Lipinski definition) is 6. The Balaban J connectivity index is 1.58. The normalized spacial score (nSPS) is 20.3. The molecule has 2 saturated heterocycles. The second-order valence-corrected chi connectivity index (χ2v) is 14.2. The number of amides is 1. The number of non-ortho nitro benzene ring substituents is 1. The van der Waals surface area contributed by atoms with E-state index in [0.717, 1.165) is 30.2 Å².